The van der Waals surface area contributed by atoms with Crippen LogP contribution in [-0.4, -0.2) is 21.0 Å². The standard InChI is InChI=1S/C23H22N4O3/c1-13-7-8-16-12-17(23(29)25-19(16)11-13)22-26-21(30-27-22)10-9-20(28)24-18-6-4-5-14(2)15(18)3/h4-8,11-12H,9-10H2,1-3H3,(H,24,28)(H,25,29). The highest BCUT2D eigenvalue weighted by Gasteiger charge is 2.15. The first kappa shape index (κ1) is 19.6. The van der Waals surface area contributed by atoms with Gasteiger partial charge in [0.15, 0.2) is 0 Å². The van der Waals surface area contributed by atoms with Gasteiger partial charge in [0, 0.05) is 24.0 Å². The van der Waals surface area contributed by atoms with Crippen LogP contribution in [0.5, 0.6) is 0 Å². The van der Waals surface area contributed by atoms with E-state index in [0.29, 0.717) is 11.5 Å². The number of aromatic amines is 1. The second-order valence-electron chi connectivity index (χ2n) is 7.41. The number of hydrogen-bond donors (Lipinski definition) is 2. The zero-order chi connectivity index (χ0) is 21.3. The zero-order valence-electron chi connectivity index (χ0n) is 17.1. The molecule has 0 aliphatic carbocycles. The SMILES string of the molecule is Cc1ccc2cc(-c3noc(CCC(=O)Nc4cccc(C)c4C)n3)c(=O)[nH]c2c1. The Kier molecular flexibility index (Phi) is 5.18. The summed E-state index contributed by atoms with van der Waals surface area (Å²) in [5, 5.41) is 7.71. The molecule has 0 aliphatic heterocycles. The molecule has 2 N–H and O–H groups in total. The van der Waals surface area contributed by atoms with Gasteiger partial charge in [0.1, 0.15) is 0 Å². The number of pyridine rings is 1. The summed E-state index contributed by atoms with van der Waals surface area (Å²) < 4.78 is 5.25. The van der Waals surface area contributed by atoms with E-state index >= 15 is 0 Å². The summed E-state index contributed by atoms with van der Waals surface area (Å²) in [4.78, 5) is 31.9. The molecule has 0 saturated heterocycles. The number of nitrogens with one attached hydrogen (secondary N) is 2. The van der Waals surface area contributed by atoms with E-state index in [0.717, 1.165) is 33.3 Å². The van der Waals surface area contributed by atoms with E-state index in [1.807, 2.05) is 57.2 Å². The van der Waals surface area contributed by atoms with Crippen LogP contribution in [0.3, 0.4) is 0 Å². The maximum Gasteiger partial charge on any atom is 0.259 e. The van der Waals surface area contributed by atoms with Gasteiger partial charge >= 0.3 is 0 Å². The van der Waals surface area contributed by atoms with Crippen molar-refractivity contribution >= 4 is 22.5 Å². The summed E-state index contributed by atoms with van der Waals surface area (Å²) >= 11 is 0. The maximum atomic E-state index is 12.4. The predicted molar refractivity (Wildman–Crippen MR) is 115 cm³/mol. The Balaban J connectivity index is 1.47. The third-order valence-corrected chi connectivity index (χ3v) is 5.16. The number of rotatable bonds is 5. The molecule has 7 heteroatoms. The molecule has 4 rings (SSSR count). The van der Waals surface area contributed by atoms with E-state index in [2.05, 4.69) is 20.4 Å². The van der Waals surface area contributed by atoms with Gasteiger partial charge in [0.25, 0.3) is 5.56 Å². The fourth-order valence-corrected chi connectivity index (χ4v) is 3.27. The zero-order valence-corrected chi connectivity index (χ0v) is 17.1. The molecule has 30 heavy (non-hydrogen) atoms. The lowest BCUT2D eigenvalue weighted by Gasteiger charge is -2.09. The fraction of sp³-hybridized carbons (Fsp3) is 0.217. The molecular formula is C23H22N4O3. The number of nitrogens with zero attached hydrogens (tertiary/aromatic N) is 2. The molecule has 4 aromatic rings. The number of aryl methyl sites for hydroxylation is 3. The van der Waals surface area contributed by atoms with Gasteiger partial charge in [0.2, 0.25) is 17.6 Å². The lowest BCUT2D eigenvalue weighted by atomic mass is 10.1. The Morgan fingerprint density at radius 3 is 2.80 bits per heavy atom. The van der Waals surface area contributed by atoms with Gasteiger partial charge in [-0.2, -0.15) is 4.98 Å². The van der Waals surface area contributed by atoms with Gasteiger partial charge in [-0.3, -0.25) is 9.59 Å². The van der Waals surface area contributed by atoms with E-state index in [1.54, 1.807) is 6.07 Å². The first-order valence-corrected chi connectivity index (χ1v) is 9.73. The summed E-state index contributed by atoms with van der Waals surface area (Å²) in [6.45, 7) is 5.94. The summed E-state index contributed by atoms with van der Waals surface area (Å²) in [5.41, 5.74) is 4.82. The maximum absolute atomic E-state index is 12.4. The minimum Gasteiger partial charge on any atom is -0.339 e. The van der Waals surface area contributed by atoms with Gasteiger partial charge in [-0.25, -0.2) is 0 Å². The molecule has 2 heterocycles. The molecule has 0 fully saturated rings. The topological polar surface area (TPSA) is 101 Å². The van der Waals surface area contributed by atoms with Gasteiger partial charge in [-0.1, -0.05) is 29.4 Å². The lowest BCUT2D eigenvalue weighted by Crippen LogP contribution is -2.13. The van der Waals surface area contributed by atoms with E-state index in [-0.39, 0.29) is 30.1 Å². The van der Waals surface area contributed by atoms with Crippen molar-refractivity contribution in [2.45, 2.75) is 33.6 Å². The average molecular weight is 402 g/mol. The second-order valence-corrected chi connectivity index (χ2v) is 7.41. The van der Waals surface area contributed by atoms with Crippen LogP contribution in [0.15, 0.2) is 51.8 Å². The number of anilines is 1. The van der Waals surface area contributed by atoms with E-state index in [9.17, 15) is 9.59 Å². The average Bonchev–Trinajstić information content (AvgIpc) is 3.18. The molecule has 0 aliphatic rings. The highest BCUT2D eigenvalue weighted by atomic mass is 16.5. The number of fused-ring (bicyclic) bond motifs is 1. The summed E-state index contributed by atoms with van der Waals surface area (Å²) in [5.74, 6) is 0.385. The molecule has 0 radical (unpaired) electrons. The summed E-state index contributed by atoms with van der Waals surface area (Å²) in [6, 6.07) is 13.3. The van der Waals surface area contributed by atoms with E-state index < -0.39 is 0 Å². The van der Waals surface area contributed by atoms with Crippen molar-refractivity contribution in [1.29, 1.82) is 0 Å². The molecule has 2 aromatic carbocycles. The Morgan fingerprint density at radius 1 is 1.13 bits per heavy atom. The fourth-order valence-electron chi connectivity index (χ4n) is 3.27. The number of amides is 1. The van der Waals surface area contributed by atoms with Gasteiger partial charge in [-0.05, 0) is 61.0 Å². The first-order chi connectivity index (χ1) is 14.4. The molecule has 0 saturated carbocycles. The summed E-state index contributed by atoms with van der Waals surface area (Å²) in [7, 11) is 0. The van der Waals surface area contributed by atoms with Crippen molar-refractivity contribution in [1.82, 2.24) is 15.1 Å². The molecule has 2 aromatic heterocycles. The Hall–Kier alpha value is -3.74. The van der Waals surface area contributed by atoms with Crippen LogP contribution in [-0.2, 0) is 11.2 Å². The summed E-state index contributed by atoms with van der Waals surface area (Å²) in [6.07, 6.45) is 0.483. The molecule has 0 spiro atoms. The third-order valence-electron chi connectivity index (χ3n) is 5.16. The van der Waals surface area contributed by atoms with Crippen LogP contribution in [0.4, 0.5) is 5.69 Å². The number of H-pyrrole nitrogens is 1. The van der Waals surface area contributed by atoms with Crippen LogP contribution < -0.4 is 10.9 Å². The second kappa shape index (κ2) is 7.94. The minimum absolute atomic E-state index is 0.137. The van der Waals surface area contributed by atoms with Gasteiger partial charge < -0.3 is 14.8 Å². The minimum atomic E-state index is -0.284. The van der Waals surface area contributed by atoms with Crippen molar-refractivity contribution in [2.24, 2.45) is 0 Å². The van der Waals surface area contributed by atoms with Gasteiger partial charge in [-0.15, -0.1) is 0 Å². The lowest BCUT2D eigenvalue weighted by molar-refractivity contribution is -0.116. The Bertz CT molecular complexity index is 1300. The molecule has 0 unspecified atom stereocenters. The third kappa shape index (κ3) is 4.00. The normalized spacial score (nSPS) is 11.0. The number of hydrogen-bond acceptors (Lipinski definition) is 5. The number of aromatic nitrogens is 3. The number of carbonyl (C=O) groups is 1. The van der Waals surface area contributed by atoms with Crippen molar-refractivity contribution in [2.75, 3.05) is 5.32 Å². The molecular weight excluding hydrogens is 380 g/mol. The van der Waals surface area contributed by atoms with Crippen LogP contribution in [0.2, 0.25) is 0 Å². The largest absolute Gasteiger partial charge is 0.339 e. The van der Waals surface area contributed by atoms with E-state index in [4.69, 9.17) is 4.52 Å². The van der Waals surface area contributed by atoms with Crippen molar-refractivity contribution < 1.29 is 9.32 Å². The van der Waals surface area contributed by atoms with Crippen LogP contribution in [0.1, 0.15) is 29.0 Å². The highest BCUT2D eigenvalue weighted by Crippen LogP contribution is 2.20. The molecule has 0 bridgehead atoms. The van der Waals surface area contributed by atoms with Crippen LogP contribution in [0.25, 0.3) is 22.3 Å². The molecule has 152 valence electrons. The van der Waals surface area contributed by atoms with Crippen LogP contribution in [0, 0.1) is 20.8 Å². The first-order valence-electron chi connectivity index (χ1n) is 9.73. The monoisotopic (exact) mass is 402 g/mol. The Morgan fingerprint density at radius 2 is 1.97 bits per heavy atom. The van der Waals surface area contributed by atoms with Gasteiger partial charge in [0.05, 0.1) is 5.56 Å². The van der Waals surface area contributed by atoms with Crippen LogP contribution >= 0.6 is 0 Å². The Labute approximate surface area is 173 Å². The quantitative estimate of drug-likeness (QED) is 0.524. The van der Waals surface area contributed by atoms with Crippen molar-refractivity contribution in [3.05, 3.63) is 75.4 Å². The molecule has 7 nitrogen and oxygen atoms in total. The number of carbonyl (C=O) groups excluding carboxylic acids is 1. The molecule has 0 atom stereocenters. The highest BCUT2D eigenvalue weighted by molar-refractivity contribution is 5.91. The predicted octanol–water partition coefficient (Wildman–Crippen LogP) is 4.07. The van der Waals surface area contributed by atoms with Crippen molar-refractivity contribution in [3.8, 4) is 11.4 Å². The van der Waals surface area contributed by atoms with E-state index in [1.165, 1.54) is 0 Å². The molecule has 1 amide bonds. The smallest absolute Gasteiger partial charge is 0.259 e. The van der Waals surface area contributed by atoms with Crippen molar-refractivity contribution in [3.63, 3.8) is 0 Å². The number of benzene rings is 2.